The number of benzene rings is 1. The Hall–Kier alpha value is -1.75. The lowest BCUT2D eigenvalue weighted by atomic mass is 10.1. The number of hydrogen-bond acceptors (Lipinski definition) is 4. The van der Waals surface area contributed by atoms with Gasteiger partial charge in [-0.3, -0.25) is 4.79 Å². The van der Waals surface area contributed by atoms with Crippen LogP contribution in [0, 0.1) is 0 Å². The number of ether oxygens (including phenoxy) is 2. The van der Waals surface area contributed by atoms with Crippen LogP contribution in [0.1, 0.15) is 12.5 Å². The maximum Gasteiger partial charge on any atom is 0.320 e. The van der Waals surface area contributed by atoms with Gasteiger partial charge >= 0.3 is 5.97 Å². The van der Waals surface area contributed by atoms with Crippen molar-refractivity contribution in [2.75, 3.05) is 13.3 Å². The Labute approximate surface area is 99.3 Å². The number of aliphatic carboxylic acids is 1. The van der Waals surface area contributed by atoms with Gasteiger partial charge in [0, 0.05) is 6.54 Å². The first-order chi connectivity index (χ1) is 8.18. The second-order valence-electron chi connectivity index (χ2n) is 3.91. The second kappa shape index (κ2) is 5.05. The summed E-state index contributed by atoms with van der Waals surface area (Å²) < 4.78 is 10.6. The molecule has 1 aromatic carbocycles. The Morgan fingerprint density at radius 2 is 2.35 bits per heavy atom. The number of carboxylic acids is 1. The van der Waals surface area contributed by atoms with Gasteiger partial charge in [0.25, 0.3) is 0 Å². The third kappa shape index (κ3) is 2.68. The minimum atomic E-state index is -0.845. The molecule has 0 saturated carbocycles. The summed E-state index contributed by atoms with van der Waals surface area (Å²) in [6.45, 7) is 2.47. The van der Waals surface area contributed by atoms with Gasteiger partial charge in [0.2, 0.25) is 6.79 Å². The van der Waals surface area contributed by atoms with E-state index in [1.807, 2.05) is 18.2 Å². The van der Waals surface area contributed by atoms with Gasteiger partial charge in [-0.25, -0.2) is 0 Å². The first kappa shape index (κ1) is 11.7. The molecule has 1 aliphatic heterocycles. The van der Waals surface area contributed by atoms with Crippen molar-refractivity contribution in [1.82, 2.24) is 5.32 Å². The van der Waals surface area contributed by atoms with Crippen LogP contribution >= 0.6 is 0 Å². The number of para-hydroxylation sites is 1. The standard InChI is InChI=1S/C12H15NO4/c1-8(12(14)15)13-6-5-9-3-2-4-10-11(9)17-7-16-10/h2-4,8,13H,5-7H2,1H3,(H,14,15). The average molecular weight is 237 g/mol. The molecule has 1 atom stereocenters. The van der Waals surface area contributed by atoms with E-state index in [4.69, 9.17) is 14.6 Å². The molecular weight excluding hydrogens is 222 g/mol. The minimum absolute atomic E-state index is 0.255. The minimum Gasteiger partial charge on any atom is -0.480 e. The summed E-state index contributed by atoms with van der Waals surface area (Å²) in [6, 6.07) is 5.19. The predicted octanol–water partition coefficient (Wildman–Crippen LogP) is 1.02. The lowest BCUT2D eigenvalue weighted by Gasteiger charge is -2.10. The van der Waals surface area contributed by atoms with Gasteiger partial charge in [0.15, 0.2) is 11.5 Å². The number of fused-ring (bicyclic) bond motifs is 1. The average Bonchev–Trinajstić information content (AvgIpc) is 2.77. The Morgan fingerprint density at radius 1 is 1.53 bits per heavy atom. The van der Waals surface area contributed by atoms with Gasteiger partial charge in [-0.1, -0.05) is 12.1 Å². The fourth-order valence-electron chi connectivity index (χ4n) is 1.70. The Morgan fingerprint density at radius 3 is 3.12 bits per heavy atom. The normalized spacial score (nSPS) is 14.6. The molecule has 0 bridgehead atoms. The van der Waals surface area contributed by atoms with E-state index in [0.717, 1.165) is 17.1 Å². The highest BCUT2D eigenvalue weighted by molar-refractivity contribution is 5.72. The summed E-state index contributed by atoms with van der Waals surface area (Å²) in [5, 5.41) is 11.7. The molecule has 0 fully saturated rings. The second-order valence-corrected chi connectivity index (χ2v) is 3.91. The van der Waals surface area contributed by atoms with Gasteiger partial charge in [0.1, 0.15) is 6.04 Å². The Bertz CT molecular complexity index is 419. The molecule has 0 aliphatic carbocycles. The van der Waals surface area contributed by atoms with Crippen LogP contribution < -0.4 is 14.8 Å². The van der Waals surface area contributed by atoms with E-state index in [1.165, 1.54) is 0 Å². The zero-order valence-electron chi connectivity index (χ0n) is 9.60. The SMILES string of the molecule is CC(NCCc1cccc2c1OCO2)C(=O)O. The summed E-state index contributed by atoms with van der Waals surface area (Å²) in [4.78, 5) is 10.6. The van der Waals surface area contributed by atoms with Crippen LogP contribution in [0.15, 0.2) is 18.2 Å². The molecule has 0 amide bonds. The monoisotopic (exact) mass is 237 g/mol. The smallest absolute Gasteiger partial charge is 0.320 e. The van der Waals surface area contributed by atoms with Crippen molar-refractivity contribution in [3.63, 3.8) is 0 Å². The quantitative estimate of drug-likeness (QED) is 0.800. The number of carboxylic acid groups (broad SMARTS) is 1. The van der Waals surface area contributed by atoms with Crippen molar-refractivity contribution < 1.29 is 19.4 Å². The molecule has 92 valence electrons. The molecule has 0 spiro atoms. The van der Waals surface area contributed by atoms with Gasteiger partial charge in [-0.05, 0) is 25.0 Å². The van der Waals surface area contributed by atoms with E-state index in [1.54, 1.807) is 6.92 Å². The maximum atomic E-state index is 10.6. The fraction of sp³-hybridized carbons (Fsp3) is 0.417. The Kier molecular flexibility index (Phi) is 3.49. The van der Waals surface area contributed by atoms with E-state index in [9.17, 15) is 4.79 Å². The van der Waals surface area contributed by atoms with Crippen LogP contribution in [-0.2, 0) is 11.2 Å². The van der Waals surface area contributed by atoms with Gasteiger partial charge in [0.05, 0.1) is 0 Å². The van der Waals surface area contributed by atoms with Crippen LogP contribution in [0.2, 0.25) is 0 Å². The highest BCUT2D eigenvalue weighted by Gasteiger charge is 2.17. The summed E-state index contributed by atoms with van der Waals surface area (Å²) in [6.07, 6.45) is 0.712. The van der Waals surface area contributed by atoms with Gasteiger partial charge in [-0.2, -0.15) is 0 Å². The predicted molar refractivity (Wildman–Crippen MR) is 61.4 cm³/mol. The molecule has 2 N–H and O–H groups in total. The molecule has 1 heterocycles. The first-order valence-electron chi connectivity index (χ1n) is 5.52. The first-order valence-corrected chi connectivity index (χ1v) is 5.52. The number of rotatable bonds is 5. The van der Waals surface area contributed by atoms with Crippen molar-refractivity contribution in [3.8, 4) is 11.5 Å². The van der Waals surface area contributed by atoms with Crippen molar-refractivity contribution in [2.45, 2.75) is 19.4 Å². The van der Waals surface area contributed by atoms with Crippen LogP contribution in [0.5, 0.6) is 11.5 Å². The van der Waals surface area contributed by atoms with Crippen molar-refractivity contribution in [2.24, 2.45) is 0 Å². The summed E-state index contributed by atoms with van der Waals surface area (Å²) in [5.74, 6) is 0.689. The van der Waals surface area contributed by atoms with E-state index in [-0.39, 0.29) is 6.79 Å². The maximum absolute atomic E-state index is 10.6. The molecule has 17 heavy (non-hydrogen) atoms. The summed E-state index contributed by atoms with van der Waals surface area (Å²) in [5.41, 5.74) is 1.03. The van der Waals surface area contributed by atoms with E-state index < -0.39 is 12.0 Å². The molecule has 0 aromatic heterocycles. The van der Waals surface area contributed by atoms with E-state index in [2.05, 4.69) is 5.32 Å². The Balaban J connectivity index is 1.92. The number of hydrogen-bond donors (Lipinski definition) is 2. The topological polar surface area (TPSA) is 67.8 Å². The molecule has 1 aliphatic rings. The van der Waals surface area contributed by atoms with E-state index in [0.29, 0.717) is 13.0 Å². The highest BCUT2D eigenvalue weighted by atomic mass is 16.7. The lowest BCUT2D eigenvalue weighted by Crippen LogP contribution is -2.34. The molecule has 1 aromatic rings. The van der Waals surface area contributed by atoms with Crippen LogP contribution in [-0.4, -0.2) is 30.5 Å². The van der Waals surface area contributed by atoms with Gasteiger partial charge in [-0.15, -0.1) is 0 Å². The van der Waals surface area contributed by atoms with Gasteiger partial charge < -0.3 is 19.9 Å². The van der Waals surface area contributed by atoms with Crippen molar-refractivity contribution in [3.05, 3.63) is 23.8 Å². The van der Waals surface area contributed by atoms with Crippen LogP contribution in [0.4, 0.5) is 0 Å². The molecule has 5 nitrogen and oxygen atoms in total. The van der Waals surface area contributed by atoms with Crippen LogP contribution in [0.25, 0.3) is 0 Å². The fourth-order valence-corrected chi connectivity index (χ4v) is 1.70. The molecule has 1 unspecified atom stereocenters. The van der Waals surface area contributed by atoms with E-state index >= 15 is 0 Å². The zero-order chi connectivity index (χ0) is 12.3. The molecule has 2 rings (SSSR count). The molecule has 0 saturated heterocycles. The molecule has 0 radical (unpaired) electrons. The summed E-state index contributed by atoms with van der Waals surface area (Å²) >= 11 is 0. The third-order valence-electron chi connectivity index (χ3n) is 2.69. The van der Waals surface area contributed by atoms with Crippen molar-refractivity contribution in [1.29, 1.82) is 0 Å². The lowest BCUT2D eigenvalue weighted by molar-refractivity contribution is -0.138. The third-order valence-corrected chi connectivity index (χ3v) is 2.69. The zero-order valence-corrected chi connectivity index (χ0v) is 9.60. The van der Waals surface area contributed by atoms with Crippen molar-refractivity contribution >= 4 is 5.97 Å². The molecule has 5 heteroatoms. The number of nitrogens with one attached hydrogen (secondary N) is 1. The largest absolute Gasteiger partial charge is 0.480 e. The summed E-state index contributed by atoms with van der Waals surface area (Å²) in [7, 11) is 0. The highest BCUT2D eigenvalue weighted by Crippen LogP contribution is 2.35. The molecular formula is C12H15NO4. The van der Waals surface area contributed by atoms with Crippen LogP contribution in [0.3, 0.4) is 0 Å². The number of carbonyl (C=O) groups is 1.